The molecule has 0 bridgehead atoms. The van der Waals surface area contributed by atoms with Crippen LogP contribution < -0.4 is 5.32 Å². The molecule has 0 aromatic heterocycles. The number of nitrogens with one attached hydrogen (secondary N) is 1. The van der Waals surface area contributed by atoms with E-state index in [1.807, 2.05) is 4.90 Å². The zero-order valence-corrected chi connectivity index (χ0v) is 10.4. The quantitative estimate of drug-likeness (QED) is 0.800. The molecule has 2 fully saturated rings. The highest BCUT2D eigenvalue weighted by atomic mass is 19.3. The molecule has 0 aromatic carbocycles. The summed E-state index contributed by atoms with van der Waals surface area (Å²) >= 11 is 0. The third-order valence-corrected chi connectivity index (χ3v) is 3.63. The lowest BCUT2D eigenvalue weighted by molar-refractivity contribution is -0.0643. The fraction of sp³-hybridized carbons (Fsp3) is 1.00. The summed E-state index contributed by atoms with van der Waals surface area (Å²) in [6.07, 6.45) is 1.72. The smallest absolute Gasteiger partial charge is 0.260 e. The first-order valence-corrected chi connectivity index (χ1v) is 6.69. The maximum atomic E-state index is 13.2. The largest absolute Gasteiger partial charge is 0.314 e. The minimum absolute atomic E-state index is 0.0332. The van der Waals surface area contributed by atoms with Crippen molar-refractivity contribution in [2.24, 2.45) is 0 Å². The third kappa shape index (κ3) is 4.48. The molecule has 3 nitrogen and oxygen atoms in total. The molecule has 2 aliphatic heterocycles. The third-order valence-electron chi connectivity index (χ3n) is 3.63. The molecule has 2 rings (SSSR count). The standard InChI is InChI=1S/C12H23F2N3/c13-12(14)3-1-6-17(11-12)8-2-7-16-9-4-15-5-10-16/h15H,1-11H2. The van der Waals surface area contributed by atoms with E-state index in [0.717, 1.165) is 52.2 Å². The van der Waals surface area contributed by atoms with Gasteiger partial charge in [0.05, 0.1) is 6.54 Å². The van der Waals surface area contributed by atoms with Gasteiger partial charge in [0.2, 0.25) is 0 Å². The SMILES string of the molecule is FC1(F)CCCN(CCCN2CCNCC2)C1. The molecule has 1 N–H and O–H groups in total. The van der Waals surface area contributed by atoms with Gasteiger partial charge in [-0.1, -0.05) is 0 Å². The molecule has 17 heavy (non-hydrogen) atoms. The molecule has 0 amide bonds. The van der Waals surface area contributed by atoms with Gasteiger partial charge in [-0.05, 0) is 32.5 Å². The van der Waals surface area contributed by atoms with E-state index in [1.54, 1.807) is 0 Å². The number of hydrogen-bond acceptors (Lipinski definition) is 3. The molecule has 0 spiro atoms. The second-order valence-electron chi connectivity index (χ2n) is 5.18. The fourth-order valence-corrected chi connectivity index (χ4v) is 2.69. The molecule has 5 heteroatoms. The van der Waals surface area contributed by atoms with Gasteiger partial charge in [0.1, 0.15) is 0 Å². The van der Waals surface area contributed by atoms with Crippen LogP contribution in [0.1, 0.15) is 19.3 Å². The Balaban J connectivity index is 1.61. The Morgan fingerprint density at radius 3 is 2.41 bits per heavy atom. The summed E-state index contributed by atoms with van der Waals surface area (Å²) in [6.45, 7) is 6.98. The molecule has 0 atom stereocenters. The second-order valence-corrected chi connectivity index (χ2v) is 5.18. The van der Waals surface area contributed by atoms with E-state index >= 15 is 0 Å². The van der Waals surface area contributed by atoms with Gasteiger partial charge in [-0.25, -0.2) is 8.78 Å². The zero-order chi connectivity index (χ0) is 12.1. The molecular weight excluding hydrogens is 224 g/mol. The summed E-state index contributed by atoms with van der Waals surface area (Å²) in [5, 5.41) is 3.31. The number of likely N-dealkylation sites (tertiary alicyclic amines) is 1. The van der Waals surface area contributed by atoms with Gasteiger partial charge in [-0.2, -0.15) is 0 Å². The highest BCUT2D eigenvalue weighted by molar-refractivity contribution is 4.79. The maximum absolute atomic E-state index is 13.2. The van der Waals surface area contributed by atoms with Gasteiger partial charge in [0.15, 0.2) is 0 Å². The van der Waals surface area contributed by atoms with E-state index < -0.39 is 5.92 Å². The highest BCUT2D eigenvalue weighted by Crippen LogP contribution is 2.26. The number of alkyl halides is 2. The van der Waals surface area contributed by atoms with E-state index in [2.05, 4.69) is 10.2 Å². The van der Waals surface area contributed by atoms with Gasteiger partial charge >= 0.3 is 0 Å². The molecule has 0 unspecified atom stereocenters. The Morgan fingerprint density at radius 1 is 1.00 bits per heavy atom. The molecule has 0 aromatic rings. The molecule has 2 aliphatic rings. The Kier molecular flexibility index (Phi) is 4.70. The summed E-state index contributed by atoms with van der Waals surface area (Å²) in [7, 11) is 0. The van der Waals surface area contributed by atoms with Crippen LogP contribution in [0, 0.1) is 0 Å². The first-order valence-electron chi connectivity index (χ1n) is 6.69. The normalized spacial score (nSPS) is 27.2. The molecule has 100 valence electrons. The van der Waals surface area contributed by atoms with Crippen molar-refractivity contribution in [2.45, 2.75) is 25.2 Å². The van der Waals surface area contributed by atoms with Crippen LogP contribution in [0.4, 0.5) is 8.78 Å². The van der Waals surface area contributed by atoms with Crippen LogP contribution in [-0.4, -0.2) is 68.1 Å². The fourth-order valence-electron chi connectivity index (χ4n) is 2.69. The Morgan fingerprint density at radius 2 is 1.71 bits per heavy atom. The monoisotopic (exact) mass is 247 g/mol. The molecule has 2 heterocycles. The van der Waals surface area contributed by atoms with Crippen molar-refractivity contribution in [1.29, 1.82) is 0 Å². The predicted molar refractivity (Wildman–Crippen MR) is 64.5 cm³/mol. The number of rotatable bonds is 4. The van der Waals surface area contributed by atoms with E-state index in [9.17, 15) is 8.78 Å². The van der Waals surface area contributed by atoms with Crippen LogP contribution in [0.2, 0.25) is 0 Å². The van der Waals surface area contributed by atoms with Crippen LogP contribution in [0.3, 0.4) is 0 Å². The van der Waals surface area contributed by atoms with Crippen molar-refractivity contribution >= 4 is 0 Å². The summed E-state index contributed by atoms with van der Waals surface area (Å²) in [5.41, 5.74) is 0. The first kappa shape index (κ1) is 13.2. The first-order chi connectivity index (χ1) is 8.16. The van der Waals surface area contributed by atoms with Crippen molar-refractivity contribution in [3.63, 3.8) is 0 Å². The number of halogens is 2. The second kappa shape index (κ2) is 6.07. The summed E-state index contributed by atoms with van der Waals surface area (Å²) in [4.78, 5) is 4.34. The van der Waals surface area contributed by atoms with E-state index in [4.69, 9.17) is 0 Å². The van der Waals surface area contributed by atoms with Crippen LogP contribution in [0.15, 0.2) is 0 Å². The molecule has 0 saturated carbocycles. The van der Waals surface area contributed by atoms with Crippen molar-refractivity contribution in [1.82, 2.24) is 15.1 Å². The van der Waals surface area contributed by atoms with Crippen molar-refractivity contribution < 1.29 is 8.78 Å². The predicted octanol–water partition coefficient (Wildman–Crippen LogP) is 1.01. The van der Waals surface area contributed by atoms with Crippen LogP contribution in [0.25, 0.3) is 0 Å². The zero-order valence-electron chi connectivity index (χ0n) is 10.4. The van der Waals surface area contributed by atoms with Crippen molar-refractivity contribution in [2.75, 3.05) is 52.4 Å². The number of piperazine rings is 1. The van der Waals surface area contributed by atoms with Gasteiger partial charge in [0.25, 0.3) is 5.92 Å². The summed E-state index contributed by atoms with van der Waals surface area (Å²) < 4.78 is 26.4. The number of nitrogens with zero attached hydrogens (tertiary/aromatic N) is 2. The topological polar surface area (TPSA) is 18.5 Å². The maximum Gasteiger partial charge on any atom is 0.260 e. The van der Waals surface area contributed by atoms with Crippen molar-refractivity contribution in [3.8, 4) is 0 Å². The van der Waals surface area contributed by atoms with Gasteiger partial charge in [-0.15, -0.1) is 0 Å². The number of hydrogen-bond donors (Lipinski definition) is 1. The van der Waals surface area contributed by atoms with Crippen LogP contribution >= 0.6 is 0 Å². The average molecular weight is 247 g/mol. The minimum Gasteiger partial charge on any atom is -0.314 e. The van der Waals surface area contributed by atoms with Crippen LogP contribution in [0.5, 0.6) is 0 Å². The average Bonchev–Trinajstić information content (AvgIpc) is 2.29. The van der Waals surface area contributed by atoms with E-state index in [0.29, 0.717) is 6.42 Å². The van der Waals surface area contributed by atoms with Crippen molar-refractivity contribution in [3.05, 3.63) is 0 Å². The summed E-state index contributed by atoms with van der Waals surface area (Å²) in [5.74, 6) is -2.45. The lowest BCUT2D eigenvalue weighted by atomic mass is 10.1. The molecule has 0 aliphatic carbocycles. The lowest BCUT2D eigenvalue weighted by Gasteiger charge is -2.33. The highest BCUT2D eigenvalue weighted by Gasteiger charge is 2.34. The number of piperidine rings is 1. The van der Waals surface area contributed by atoms with Gasteiger partial charge in [0, 0.05) is 32.6 Å². The van der Waals surface area contributed by atoms with E-state index in [-0.39, 0.29) is 13.0 Å². The molecule has 2 saturated heterocycles. The molecular formula is C12H23F2N3. The Labute approximate surface area is 102 Å². The minimum atomic E-state index is -2.45. The van der Waals surface area contributed by atoms with Gasteiger partial charge < -0.3 is 10.2 Å². The summed E-state index contributed by atoms with van der Waals surface area (Å²) in [6, 6.07) is 0. The van der Waals surface area contributed by atoms with Gasteiger partial charge in [-0.3, -0.25) is 4.90 Å². The lowest BCUT2D eigenvalue weighted by Crippen LogP contribution is -2.46. The van der Waals surface area contributed by atoms with E-state index in [1.165, 1.54) is 0 Å². The Hall–Kier alpha value is -0.260. The Bertz CT molecular complexity index is 230. The van der Waals surface area contributed by atoms with Crippen LogP contribution in [-0.2, 0) is 0 Å². The molecule has 0 radical (unpaired) electrons.